The summed E-state index contributed by atoms with van der Waals surface area (Å²) in [6.45, 7) is -0.847. The number of carbonyl (C=O) groups is 1. The third-order valence-corrected chi connectivity index (χ3v) is 6.82. The molecule has 0 saturated heterocycles. The molecular weight excluding hydrogens is 335 g/mol. The molecule has 1 aliphatic carbocycles. The number of aliphatic hydroxyl groups is 1. The standard InChI is InChI=1S/C17H15FO5S/c18-12-6-4-5-11(9-12)14-15(17(14,10-19)16(20)21)24(22,23)13-7-2-1-3-8-13/h1-9,14-15,19H,10H2,(H,20,21)/t14-,15-,17-/m1/s1. The third-order valence-electron chi connectivity index (χ3n) is 4.53. The van der Waals surface area contributed by atoms with E-state index >= 15 is 0 Å². The van der Waals surface area contributed by atoms with E-state index in [1.165, 1.54) is 42.5 Å². The van der Waals surface area contributed by atoms with Gasteiger partial charge in [-0.05, 0) is 29.8 Å². The lowest BCUT2D eigenvalue weighted by Gasteiger charge is -2.09. The van der Waals surface area contributed by atoms with Crippen LogP contribution in [0, 0.1) is 11.2 Å². The van der Waals surface area contributed by atoms with E-state index in [0.29, 0.717) is 0 Å². The second-order valence-electron chi connectivity index (χ2n) is 5.81. The number of benzene rings is 2. The molecule has 0 radical (unpaired) electrons. The first kappa shape index (κ1) is 16.6. The summed E-state index contributed by atoms with van der Waals surface area (Å²) in [6.07, 6.45) is 0. The number of sulfone groups is 1. The molecule has 2 aromatic rings. The topological polar surface area (TPSA) is 91.7 Å². The second-order valence-corrected chi connectivity index (χ2v) is 7.88. The number of hydrogen-bond acceptors (Lipinski definition) is 4. The maximum absolute atomic E-state index is 13.5. The van der Waals surface area contributed by atoms with Crippen molar-refractivity contribution in [2.75, 3.05) is 6.61 Å². The summed E-state index contributed by atoms with van der Waals surface area (Å²) in [5, 5.41) is 17.9. The second kappa shape index (κ2) is 5.68. The summed E-state index contributed by atoms with van der Waals surface area (Å²) in [4.78, 5) is 11.7. The molecule has 1 saturated carbocycles. The highest BCUT2D eigenvalue weighted by Gasteiger charge is 2.75. The predicted molar refractivity (Wildman–Crippen MR) is 83.7 cm³/mol. The van der Waals surface area contributed by atoms with Gasteiger partial charge in [0, 0.05) is 5.92 Å². The lowest BCUT2D eigenvalue weighted by molar-refractivity contribution is -0.145. The van der Waals surface area contributed by atoms with Gasteiger partial charge >= 0.3 is 5.97 Å². The zero-order valence-corrected chi connectivity index (χ0v) is 13.3. The highest BCUT2D eigenvalue weighted by atomic mass is 32.2. The van der Waals surface area contributed by atoms with E-state index in [0.717, 1.165) is 6.07 Å². The Balaban J connectivity index is 2.13. The predicted octanol–water partition coefficient (Wildman–Crippen LogP) is 1.83. The van der Waals surface area contributed by atoms with E-state index in [9.17, 15) is 27.8 Å². The minimum atomic E-state index is -4.00. The largest absolute Gasteiger partial charge is 0.481 e. The summed E-state index contributed by atoms with van der Waals surface area (Å²) in [7, 11) is -4.00. The molecule has 126 valence electrons. The van der Waals surface area contributed by atoms with E-state index in [1.807, 2.05) is 0 Å². The molecule has 5 nitrogen and oxygen atoms in total. The molecule has 7 heteroatoms. The Morgan fingerprint density at radius 1 is 1.12 bits per heavy atom. The van der Waals surface area contributed by atoms with Crippen LogP contribution < -0.4 is 0 Å². The van der Waals surface area contributed by atoms with Gasteiger partial charge in [0.25, 0.3) is 0 Å². The van der Waals surface area contributed by atoms with Gasteiger partial charge in [0.15, 0.2) is 9.84 Å². The average Bonchev–Trinajstić information content (AvgIpc) is 3.27. The number of carboxylic acids is 1. The maximum atomic E-state index is 13.5. The molecule has 2 aromatic carbocycles. The number of hydrogen-bond donors (Lipinski definition) is 2. The van der Waals surface area contributed by atoms with Crippen LogP contribution in [0.1, 0.15) is 11.5 Å². The van der Waals surface area contributed by atoms with Gasteiger partial charge in [0.1, 0.15) is 11.2 Å². The fourth-order valence-corrected chi connectivity index (χ4v) is 5.69. The number of rotatable bonds is 5. The van der Waals surface area contributed by atoms with Crippen molar-refractivity contribution < 1.29 is 27.8 Å². The van der Waals surface area contributed by atoms with Crippen LogP contribution in [0.2, 0.25) is 0 Å². The first-order chi connectivity index (χ1) is 11.4. The first-order valence-corrected chi connectivity index (χ1v) is 8.79. The molecule has 2 N–H and O–H groups in total. The fourth-order valence-electron chi connectivity index (χ4n) is 3.30. The number of halogens is 1. The van der Waals surface area contributed by atoms with Crippen LogP contribution in [0.15, 0.2) is 59.5 Å². The Bertz CT molecular complexity index is 881. The summed E-state index contributed by atoms with van der Waals surface area (Å²) in [6, 6.07) is 12.6. The lowest BCUT2D eigenvalue weighted by atomic mass is 10.00. The highest BCUT2D eigenvalue weighted by Crippen LogP contribution is 2.64. The Labute approximate surface area is 138 Å². The monoisotopic (exact) mass is 350 g/mol. The van der Waals surface area contributed by atoms with Gasteiger partial charge in [-0.25, -0.2) is 12.8 Å². The van der Waals surface area contributed by atoms with Crippen LogP contribution in [0.25, 0.3) is 0 Å². The first-order valence-electron chi connectivity index (χ1n) is 7.24. The summed E-state index contributed by atoms with van der Waals surface area (Å²) in [5.74, 6) is -3.02. The van der Waals surface area contributed by atoms with Crippen LogP contribution in [-0.4, -0.2) is 36.5 Å². The Kier molecular flexibility index (Phi) is 3.93. The molecule has 0 aliphatic heterocycles. The molecule has 1 fully saturated rings. The molecule has 24 heavy (non-hydrogen) atoms. The smallest absolute Gasteiger partial charge is 0.314 e. The normalized spacial score (nSPS) is 26.1. The van der Waals surface area contributed by atoms with Crippen LogP contribution in [0.5, 0.6) is 0 Å². The molecule has 1 aliphatic rings. The van der Waals surface area contributed by atoms with E-state index in [-0.39, 0.29) is 10.5 Å². The van der Waals surface area contributed by atoms with Gasteiger partial charge in [-0.2, -0.15) is 0 Å². The lowest BCUT2D eigenvalue weighted by Crippen LogP contribution is -2.27. The molecule has 3 rings (SSSR count). The maximum Gasteiger partial charge on any atom is 0.314 e. The van der Waals surface area contributed by atoms with Gasteiger partial charge in [-0.15, -0.1) is 0 Å². The third kappa shape index (κ3) is 2.32. The average molecular weight is 350 g/mol. The Morgan fingerprint density at radius 2 is 1.79 bits per heavy atom. The highest BCUT2D eigenvalue weighted by molar-refractivity contribution is 7.92. The van der Waals surface area contributed by atoms with Gasteiger partial charge in [0.05, 0.1) is 16.8 Å². The van der Waals surface area contributed by atoms with Crippen molar-refractivity contribution >= 4 is 15.8 Å². The summed E-state index contributed by atoms with van der Waals surface area (Å²) < 4.78 is 39.2. The number of aliphatic hydroxyl groups excluding tert-OH is 1. The molecule has 0 unspecified atom stereocenters. The van der Waals surface area contributed by atoms with Crippen molar-refractivity contribution in [3.8, 4) is 0 Å². The molecule has 0 spiro atoms. The van der Waals surface area contributed by atoms with Gasteiger partial charge < -0.3 is 10.2 Å². The van der Waals surface area contributed by atoms with E-state index < -0.39 is 44.8 Å². The van der Waals surface area contributed by atoms with Crippen molar-refractivity contribution in [3.63, 3.8) is 0 Å². The van der Waals surface area contributed by atoms with Crippen molar-refractivity contribution in [3.05, 3.63) is 66.0 Å². The quantitative estimate of drug-likeness (QED) is 0.858. The van der Waals surface area contributed by atoms with Crippen molar-refractivity contribution in [2.45, 2.75) is 16.1 Å². The fraction of sp³-hybridized carbons (Fsp3) is 0.235. The molecule has 0 bridgehead atoms. The van der Waals surface area contributed by atoms with Gasteiger partial charge in [0.2, 0.25) is 0 Å². The zero-order valence-electron chi connectivity index (χ0n) is 12.5. The molecular formula is C17H15FO5S. The Hall–Kier alpha value is -2.25. The van der Waals surface area contributed by atoms with Crippen molar-refractivity contribution in [2.24, 2.45) is 5.41 Å². The zero-order chi connectivity index (χ0) is 17.5. The van der Waals surface area contributed by atoms with Crippen LogP contribution >= 0.6 is 0 Å². The van der Waals surface area contributed by atoms with Gasteiger partial charge in [-0.3, -0.25) is 4.79 Å². The number of aliphatic carboxylic acids is 1. The van der Waals surface area contributed by atoms with Crippen LogP contribution in [-0.2, 0) is 14.6 Å². The van der Waals surface area contributed by atoms with E-state index in [2.05, 4.69) is 0 Å². The Morgan fingerprint density at radius 3 is 2.33 bits per heavy atom. The van der Waals surface area contributed by atoms with Gasteiger partial charge in [-0.1, -0.05) is 30.3 Å². The molecule has 0 heterocycles. The minimum Gasteiger partial charge on any atom is -0.481 e. The SMILES string of the molecule is O=C(O)[C@]1(CO)[C@H](c2cccc(F)c2)[C@H]1S(=O)(=O)c1ccccc1. The molecule has 0 aromatic heterocycles. The van der Waals surface area contributed by atoms with Crippen molar-refractivity contribution in [1.82, 2.24) is 0 Å². The molecule has 0 amide bonds. The molecule has 3 atom stereocenters. The number of carboxylic acid groups (broad SMARTS) is 1. The minimum absolute atomic E-state index is 0.0204. The van der Waals surface area contributed by atoms with Crippen molar-refractivity contribution in [1.29, 1.82) is 0 Å². The summed E-state index contributed by atoms with van der Waals surface area (Å²) in [5.41, 5.74) is -1.63. The van der Waals surface area contributed by atoms with Crippen LogP contribution in [0.3, 0.4) is 0 Å². The van der Waals surface area contributed by atoms with Crippen LogP contribution in [0.4, 0.5) is 4.39 Å². The summed E-state index contributed by atoms with van der Waals surface area (Å²) >= 11 is 0. The van der Waals surface area contributed by atoms with E-state index in [4.69, 9.17) is 0 Å². The van der Waals surface area contributed by atoms with E-state index in [1.54, 1.807) is 6.07 Å².